The molecule has 70 valence electrons. The molecule has 1 saturated heterocycles. The normalized spacial score (nSPS) is 22.0. The molecule has 1 aromatic heterocycles. The summed E-state index contributed by atoms with van der Waals surface area (Å²) in [6.45, 7) is 2.15. The van der Waals surface area contributed by atoms with Gasteiger partial charge < -0.3 is 9.47 Å². The summed E-state index contributed by atoms with van der Waals surface area (Å²) in [6.07, 6.45) is 3.05. The van der Waals surface area contributed by atoms with Crippen molar-refractivity contribution in [3.05, 3.63) is 30.1 Å². The standard InChI is InChI=1S/C10H13NO2/c1-2-5-11-9(3-1)7-13-10-4-6-12-8-10/h1-3,5,10H,4,6-8H2/t10-/m0/s1. The fourth-order valence-electron chi connectivity index (χ4n) is 1.33. The molecule has 0 saturated carbocycles. The number of hydrogen-bond donors (Lipinski definition) is 0. The highest BCUT2D eigenvalue weighted by Gasteiger charge is 2.15. The Hall–Kier alpha value is -0.930. The van der Waals surface area contributed by atoms with Crippen LogP contribution >= 0.6 is 0 Å². The molecule has 1 atom stereocenters. The third-order valence-electron chi connectivity index (χ3n) is 2.08. The molecule has 0 bridgehead atoms. The molecule has 3 nitrogen and oxygen atoms in total. The summed E-state index contributed by atoms with van der Waals surface area (Å²) < 4.78 is 10.8. The van der Waals surface area contributed by atoms with Crippen LogP contribution in [-0.2, 0) is 16.1 Å². The van der Waals surface area contributed by atoms with Crippen LogP contribution in [0.25, 0.3) is 0 Å². The lowest BCUT2D eigenvalue weighted by Crippen LogP contribution is -2.12. The molecule has 13 heavy (non-hydrogen) atoms. The van der Waals surface area contributed by atoms with Gasteiger partial charge in [0, 0.05) is 12.8 Å². The van der Waals surface area contributed by atoms with E-state index in [1.54, 1.807) is 6.20 Å². The number of nitrogens with zero attached hydrogens (tertiary/aromatic N) is 1. The van der Waals surface area contributed by atoms with Crippen LogP contribution in [0.15, 0.2) is 24.4 Å². The van der Waals surface area contributed by atoms with E-state index in [1.165, 1.54) is 0 Å². The van der Waals surface area contributed by atoms with Crippen molar-refractivity contribution in [1.82, 2.24) is 4.98 Å². The third-order valence-corrected chi connectivity index (χ3v) is 2.08. The largest absolute Gasteiger partial charge is 0.379 e. The van der Waals surface area contributed by atoms with Crippen LogP contribution < -0.4 is 0 Å². The molecule has 2 heterocycles. The summed E-state index contributed by atoms with van der Waals surface area (Å²) in [6, 6.07) is 5.84. The minimum Gasteiger partial charge on any atom is -0.379 e. The van der Waals surface area contributed by atoms with Crippen molar-refractivity contribution in [3.8, 4) is 0 Å². The first-order valence-corrected chi connectivity index (χ1v) is 4.54. The number of hydrogen-bond acceptors (Lipinski definition) is 3. The first-order valence-electron chi connectivity index (χ1n) is 4.54. The van der Waals surface area contributed by atoms with Gasteiger partial charge in [-0.2, -0.15) is 0 Å². The van der Waals surface area contributed by atoms with Gasteiger partial charge in [-0.05, 0) is 18.6 Å². The van der Waals surface area contributed by atoms with Gasteiger partial charge in [0.05, 0.1) is 25.0 Å². The predicted octanol–water partition coefficient (Wildman–Crippen LogP) is 1.39. The van der Waals surface area contributed by atoms with Crippen LogP contribution in [0.3, 0.4) is 0 Å². The number of pyridine rings is 1. The molecule has 0 radical (unpaired) electrons. The zero-order valence-electron chi connectivity index (χ0n) is 7.48. The predicted molar refractivity (Wildman–Crippen MR) is 48.3 cm³/mol. The van der Waals surface area contributed by atoms with E-state index >= 15 is 0 Å². The lowest BCUT2D eigenvalue weighted by molar-refractivity contribution is 0.0301. The van der Waals surface area contributed by atoms with Crippen molar-refractivity contribution in [3.63, 3.8) is 0 Å². The van der Waals surface area contributed by atoms with Crippen molar-refractivity contribution in [2.24, 2.45) is 0 Å². The summed E-state index contributed by atoms with van der Waals surface area (Å²) in [5.74, 6) is 0. The maximum atomic E-state index is 5.60. The first-order chi connectivity index (χ1) is 6.45. The van der Waals surface area contributed by atoms with E-state index in [9.17, 15) is 0 Å². The van der Waals surface area contributed by atoms with Gasteiger partial charge in [0.15, 0.2) is 0 Å². The molecule has 0 N–H and O–H groups in total. The molecule has 1 aliphatic heterocycles. The van der Waals surface area contributed by atoms with Crippen LogP contribution in [0.5, 0.6) is 0 Å². The van der Waals surface area contributed by atoms with Crippen LogP contribution in [0.4, 0.5) is 0 Å². The second kappa shape index (κ2) is 4.35. The van der Waals surface area contributed by atoms with E-state index in [1.807, 2.05) is 18.2 Å². The Balaban J connectivity index is 1.79. The summed E-state index contributed by atoms with van der Waals surface area (Å²) in [5.41, 5.74) is 0.981. The van der Waals surface area contributed by atoms with Gasteiger partial charge in [0.25, 0.3) is 0 Å². The average molecular weight is 179 g/mol. The summed E-state index contributed by atoms with van der Waals surface area (Å²) in [4.78, 5) is 4.17. The lowest BCUT2D eigenvalue weighted by Gasteiger charge is -2.08. The van der Waals surface area contributed by atoms with Crippen molar-refractivity contribution < 1.29 is 9.47 Å². The van der Waals surface area contributed by atoms with E-state index in [0.29, 0.717) is 6.61 Å². The van der Waals surface area contributed by atoms with Crippen molar-refractivity contribution >= 4 is 0 Å². The van der Waals surface area contributed by atoms with Gasteiger partial charge in [-0.1, -0.05) is 6.07 Å². The fraction of sp³-hybridized carbons (Fsp3) is 0.500. The van der Waals surface area contributed by atoms with Crippen molar-refractivity contribution in [2.45, 2.75) is 19.1 Å². The molecule has 0 unspecified atom stereocenters. The van der Waals surface area contributed by atoms with Gasteiger partial charge in [0.2, 0.25) is 0 Å². The summed E-state index contributed by atoms with van der Waals surface area (Å²) >= 11 is 0. The summed E-state index contributed by atoms with van der Waals surface area (Å²) in [5, 5.41) is 0. The van der Waals surface area contributed by atoms with Gasteiger partial charge >= 0.3 is 0 Å². The monoisotopic (exact) mass is 179 g/mol. The molecular weight excluding hydrogens is 166 g/mol. The van der Waals surface area contributed by atoms with Gasteiger partial charge in [-0.25, -0.2) is 0 Å². The molecule has 0 aromatic carbocycles. The van der Waals surface area contributed by atoms with E-state index in [4.69, 9.17) is 9.47 Å². The second-order valence-corrected chi connectivity index (χ2v) is 3.12. The Kier molecular flexibility index (Phi) is 2.90. The highest BCUT2D eigenvalue weighted by Crippen LogP contribution is 2.10. The average Bonchev–Trinajstić information content (AvgIpc) is 2.69. The molecule has 2 rings (SSSR count). The topological polar surface area (TPSA) is 31.4 Å². The molecular formula is C10H13NO2. The molecule has 0 amide bonds. The Morgan fingerprint density at radius 1 is 1.54 bits per heavy atom. The zero-order valence-corrected chi connectivity index (χ0v) is 7.48. The minimum atomic E-state index is 0.266. The molecule has 0 spiro atoms. The van der Waals surface area contributed by atoms with Gasteiger partial charge in [0.1, 0.15) is 0 Å². The maximum Gasteiger partial charge on any atom is 0.0892 e. The number of aromatic nitrogens is 1. The number of ether oxygens (including phenoxy) is 2. The van der Waals surface area contributed by atoms with Crippen LogP contribution in [0.2, 0.25) is 0 Å². The maximum absolute atomic E-state index is 5.60. The van der Waals surface area contributed by atoms with E-state index in [-0.39, 0.29) is 6.10 Å². The highest BCUT2D eigenvalue weighted by atomic mass is 16.5. The van der Waals surface area contributed by atoms with Gasteiger partial charge in [-0.3, -0.25) is 4.98 Å². The number of rotatable bonds is 3. The Morgan fingerprint density at radius 2 is 2.54 bits per heavy atom. The molecule has 1 aromatic rings. The molecule has 1 fully saturated rings. The summed E-state index contributed by atoms with van der Waals surface area (Å²) in [7, 11) is 0. The quantitative estimate of drug-likeness (QED) is 0.702. The Labute approximate surface area is 77.7 Å². The SMILES string of the molecule is c1ccc(CO[C@H]2CCOC2)nc1. The van der Waals surface area contributed by atoms with E-state index in [2.05, 4.69) is 4.98 Å². The third kappa shape index (κ3) is 2.50. The molecule has 0 aliphatic carbocycles. The van der Waals surface area contributed by atoms with E-state index in [0.717, 1.165) is 25.3 Å². The zero-order chi connectivity index (χ0) is 8.93. The Morgan fingerprint density at radius 3 is 3.23 bits per heavy atom. The van der Waals surface area contributed by atoms with E-state index < -0.39 is 0 Å². The van der Waals surface area contributed by atoms with Crippen LogP contribution in [0, 0.1) is 0 Å². The van der Waals surface area contributed by atoms with Crippen LogP contribution in [0.1, 0.15) is 12.1 Å². The minimum absolute atomic E-state index is 0.266. The van der Waals surface area contributed by atoms with Crippen LogP contribution in [-0.4, -0.2) is 24.3 Å². The van der Waals surface area contributed by atoms with Crippen molar-refractivity contribution in [1.29, 1.82) is 0 Å². The lowest BCUT2D eigenvalue weighted by atomic mass is 10.3. The molecule has 1 aliphatic rings. The second-order valence-electron chi connectivity index (χ2n) is 3.12. The molecule has 3 heteroatoms. The fourth-order valence-corrected chi connectivity index (χ4v) is 1.33. The van der Waals surface area contributed by atoms with Gasteiger partial charge in [-0.15, -0.1) is 0 Å². The Bertz CT molecular complexity index is 244. The first kappa shape index (κ1) is 8.66. The van der Waals surface area contributed by atoms with Crippen molar-refractivity contribution in [2.75, 3.05) is 13.2 Å². The smallest absolute Gasteiger partial charge is 0.0892 e. The highest BCUT2D eigenvalue weighted by molar-refractivity contribution is 5.01.